The Bertz CT molecular complexity index is 906. The summed E-state index contributed by atoms with van der Waals surface area (Å²) in [5, 5.41) is -0.00281. The maximum atomic E-state index is 12.8. The minimum Gasteiger partial charge on any atom is -0.444 e. The Morgan fingerprint density at radius 2 is 1.63 bits per heavy atom. The van der Waals surface area contributed by atoms with E-state index in [1.807, 2.05) is 25.7 Å². The number of anilines is 1. The van der Waals surface area contributed by atoms with Gasteiger partial charge >= 0.3 is 12.3 Å². The molecule has 0 spiro atoms. The third-order valence-electron chi connectivity index (χ3n) is 4.45. The summed E-state index contributed by atoms with van der Waals surface area (Å²) in [4.78, 5) is 24.2. The van der Waals surface area contributed by atoms with E-state index in [1.165, 1.54) is 12.1 Å². The number of alkyl halides is 3. The first-order chi connectivity index (χ1) is 13.9. The fourth-order valence-corrected chi connectivity index (χ4v) is 3.17. The molecule has 0 N–H and O–H groups in total. The molecule has 1 aromatic heterocycles. The monoisotopic (exact) mass is 442 g/mol. The molecule has 1 aliphatic heterocycles. The van der Waals surface area contributed by atoms with Crippen LogP contribution in [-0.4, -0.2) is 52.7 Å². The highest BCUT2D eigenvalue weighted by Gasteiger charge is 2.30. The third-order valence-corrected chi connectivity index (χ3v) is 4.62. The van der Waals surface area contributed by atoms with Gasteiger partial charge in [0.1, 0.15) is 11.4 Å². The van der Waals surface area contributed by atoms with Gasteiger partial charge in [0.15, 0.2) is 0 Å². The van der Waals surface area contributed by atoms with Gasteiger partial charge in [-0.25, -0.2) is 14.8 Å². The Morgan fingerprint density at radius 1 is 1.03 bits per heavy atom. The molecule has 0 bridgehead atoms. The molecule has 1 fully saturated rings. The lowest BCUT2D eigenvalue weighted by Crippen LogP contribution is -2.50. The van der Waals surface area contributed by atoms with E-state index in [4.69, 9.17) is 16.3 Å². The van der Waals surface area contributed by atoms with E-state index in [0.29, 0.717) is 43.3 Å². The van der Waals surface area contributed by atoms with Gasteiger partial charge in [-0.2, -0.15) is 13.2 Å². The number of halogens is 4. The lowest BCUT2D eigenvalue weighted by atomic mass is 10.1. The van der Waals surface area contributed by atoms with Gasteiger partial charge in [-0.05, 0) is 44.5 Å². The van der Waals surface area contributed by atoms with Gasteiger partial charge in [0.2, 0.25) is 5.28 Å². The number of aromatic nitrogens is 2. The first-order valence-corrected chi connectivity index (χ1v) is 9.75. The molecule has 0 atom stereocenters. The molecule has 6 nitrogen and oxygen atoms in total. The van der Waals surface area contributed by atoms with E-state index in [2.05, 4.69) is 9.97 Å². The molecule has 2 heterocycles. The summed E-state index contributed by atoms with van der Waals surface area (Å²) >= 11 is 6.06. The number of rotatable bonds is 2. The molecule has 3 rings (SSSR count). The van der Waals surface area contributed by atoms with Crippen LogP contribution in [0.5, 0.6) is 0 Å². The van der Waals surface area contributed by atoms with Crippen LogP contribution in [0.4, 0.5) is 23.8 Å². The maximum Gasteiger partial charge on any atom is 0.416 e. The van der Waals surface area contributed by atoms with E-state index < -0.39 is 17.3 Å². The number of carbonyl (C=O) groups excluding carboxylic acids is 1. The van der Waals surface area contributed by atoms with Crippen molar-refractivity contribution in [3.63, 3.8) is 0 Å². The lowest BCUT2D eigenvalue weighted by molar-refractivity contribution is -0.137. The SMILES string of the molecule is CC(C)(C)OC(=O)N1CCN(c2cc(-c3ccc(C(F)(F)F)cc3)nc(Cl)n2)CC1. The largest absolute Gasteiger partial charge is 0.444 e. The molecule has 162 valence electrons. The Hall–Kier alpha value is -2.55. The van der Waals surface area contributed by atoms with Crippen molar-refractivity contribution in [1.82, 2.24) is 14.9 Å². The van der Waals surface area contributed by atoms with Crippen LogP contribution in [-0.2, 0) is 10.9 Å². The van der Waals surface area contributed by atoms with E-state index in [0.717, 1.165) is 12.1 Å². The lowest BCUT2D eigenvalue weighted by Gasteiger charge is -2.36. The Balaban J connectivity index is 1.73. The van der Waals surface area contributed by atoms with Gasteiger partial charge in [-0.15, -0.1) is 0 Å². The Kier molecular flexibility index (Phi) is 6.12. The van der Waals surface area contributed by atoms with Crippen molar-refractivity contribution in [2.45, 2.75) is 32.5 Å². The summed E-state index contributed by atoms with van der Waals surface area (Å²) in [7, 11) is 0. The van der Waals surface area contributed by atoms with Crippen LogP contribution < -0.4 is 4.90 Å². The smallest absolute Gasteiger partial charge is 0.416 e. The van der Waals surface area contributed by atoms with Crippen molar-refractivity contribution >= 4 is 23.5 Å². The number of hydrogen-bond acceptors (Lipinski definition) is 5. The summed E-state index contributed by atoms with van der Waals surface area (Å²) in [6, 6.07) is 6.39. The predicted molar refractivity (Wildman–Crippen MR) is 108 cm³/mol. The molecule has 0 aliphatic carbocycles. The van der Waals surface area contributed by atoms with E-state index >= 15 is 0 Å². The number of carbonyl (C=O) groups is 1. The molecule has 30 heavy (non-hydrogen) atoms. The molecule has 1 saturated heterocycles. The fraction of sp³-hybridized carbons (Fsp3) is 0.450. The van der Waals surface area contributed by atoms with Crippen LogP contribution in [0.2, 0.25) is 5.28 Å². The van der Waals surface area contributed by atoms with Crippen LogP contribution in [0.1, 0.15) is 26.3 Å². The second kappa shape index (κ2) is 8.29. The van der Waals surface area contributed by atoms with E-state index in [1.54, 1.807) is 11.0 Å². The second-order valence-electron chi connectivity index (χ2n) is 7.91. The minimum atomic E-state index is -4.40. The Labute approximate surface area is 177 Å². The number of benzene rings is 1. The highest BCUT2D eigenvalue weighted by molar-refractivity contribution is 6.28. The fourth-order valence-electron chi connectivity index (χ4n) is 2.99. The summed E-state index contributed by atoms with van der Waals surface area (Å²) in [5.74, 6) is 0.550. The first kappa shape index (κ1) is 22.1. The van der Waals surface area contributed by atoms with Gasteiger partial charge in [-0.3, -0.25) is 0 Å². The zero-order valence-corrected chi connectivity index (χ0v) is 17.6. The number of nitrogens with zero attached hydrogens (tertiary/aromatic N) is 4. The van der Waals surface area contributed by atoms with Gasteiger partial charge in [-0.1, -0.05) is 12.1 Å². The number of piperazine rings is 1. The van der Waals surface area contributed by atoms with Gasteiger partial charge in [0, 0.05) is 37.8 Å². The summed E-state index contributed by atoms with van der Waals surface area (Å²) in [5.41, 5.74) is -0.371. The molecule has 0 unspecified atom stereocenters. The highest BCUT2D eigenvalue weighted by Crippen LogP contribution is 2.31. The molecule has 1 aliphatic rings. The first-order valence-electron chi connectivity index (χ1n) is 9.37. The zero-order chi connectivity index (χ0) is 22.1. The maximum absolute atomic E-state index is 12.8. The van der Waals surface area contributed by atoms with Crippen molar-refractivity contribution in [2.75, 3.05) is 31.1 Å². The third kappa shape index (κ3) is 5.53. The zero-order valence-electron chi connectivity index (χ0n) is 16.8. The predicted octanol–water partition coefficient (Wildman–Crippen LogP) is 4.87. The molecular formula is C20H22ClF3N4O2. The number of hydrogen-bond donors (Lipinski definition) is 0. The van der Waals surface area contributed by atoms with Crippen LogP contribution in [0.25, 0.3) is 11.3 Å². The molecule has 0 saturated carbocycles. The van der Waals surface area contributed by atoms with E-state index in [9.17, 15) is 18.0 Å². The van der Waals surface area contributed by atoms with Gasteiger partial charge < -0.3 is 14.5 Å². The molecule has 2 aromatic rings. The van der Waals surface area contributed by atoms with Crippen LogP contribution in [0.3, 0.4) is 0 Å². The number of amides is 1. The second-order valence-corrected chi connectivity index (χ2v) is 8.25. The van der Waals surface area contributed by atoms with Crippen LogP contribution in [0.15, 0.2) is 30.3 Å². The summed E-state index contributed by atoms with van der Waals surface area (Å²) < 4.78 is 43.7. The highest BCUT2D eigenvalue weighted by atomic mass is 35.5. The molecule has 1 aromatic carbocycles. The van der Waals surface area contributed by atoms with Crippen molar-refractivity contribution in [1.29, 1.82) is 0 Å². The Morgan fingerprint density at radius 3 is 2.17 bits per heavy atom. The summed E-state index contributed by atoms with van der Waals surface area (Å²) in [6.07, 6.45) is -4.77. The average molecular weight is 443 g/mol. The van der Waals surface area contributed by atoms with Crippen LogP contribution >= 0.6 is 11.6 Å². The molecule has 0 radical (unpaired) electrons. The van der Waals surface area contributed by atoms with Crippen molar-refractivity contribution in [3.05, 3.63) is 41.2 Å². The van der Waals surface area contributed by atoms with Crippen molar-refractivity contribution < 1.29 is 22.7 Å². The molecule has 10 heteroatoms. The molecule has 1 amide bonds. The van der Waals surface area contributed by atoms with Crippen molar-refractivity contribution in [2.24, 2.45) is 0 Å². The standard InChI is InChI=1S/C20H22ClF3N4O2/c1-19(2,3)30-18(29)28-10-8-27(9-11-28)16-12-15(25-17(21)26-16)13-4-6-14(7-5-13)20(22,23)24/h4-7,12H,8-11H2,1-3H3. The van der Waals surface area contributed by atoms with Crippen LogP contribution in [0, 0.1) is 0 Å². The topological polar surface area (TPSA) is 58.6 Å². The number of ether oxygens (including phenoxy) is 1. The molecular weight excluding hydrogens is 421 g/mol. The minimum absolute atomic E-state index is 0.00281. The van der Waals surface area contributed by atoms with E-state index in [-0.39, 0.29) is 11.4 Å². The summed E-state index contributed by atoms with van der Waals surface area (Å²) in [6.45, 7) is 7.36. The van der Waals surface area contributed by atoms with Gasteiger partial charge in [0.25, 0.3) is 0 Å². The van der Waals surface area contributed by atoms with Gasteiger partial charge in [0.05, 0.1) is 11.3 Å². The normalized spacial score (nSPS) is 15.3. The average Bonchev–Trinajstić information content (AvgIpc) is 2.66. The quantitative estimate of drug-likeness (QED) is 0.621. The van der Waals surface area contributed by atoms with Crippen molar-refractivity contribution in [3.8, 4) is 11.3 Å².